The van der Waals surface area contributed by atoms with E-state index in [1.54, 1.807) is 38.1 Å². The van der Waals surface area contributed by atoms with Crippen LogP contribution in [0.25, 0.3) is 0 Å². The van der Waals surface area contributed by atoms with E-state index in [4.69, 9.17) is 9.47 Å². The van der Waals surface area contributed by atoms with Crippen LogP contribution >= 0.6 is 0 Å². The van der Waals surface area contributed by atoms with Crippen LogP contribution in [-0.2, 0) is 9.53 Å². The molecule has 5 nitrogen and oxygen atoms in total. The van der Waals surface area contributed by atoms with Crippen LogP contribution in [0.15, 0.2) is 48.5 Å². The third kappa shape index (κ3) is 6.24. The van der Waals surface area contributed by atoms with Crippen molar-refractivity contribution in [2.24, 2.45) is 0 Å². The predicted molar refractivity (Wildman–Crippen MR) is 102 cm³/mol. The fourth-order valence-electron chi connectivity index (χ4n) is 2.33. The highest BCUT2D eigenvalue weighted by atomic mass is 16.5. The van der Waals surface area contributed by atoms with E-state index < -0.39 is 0 Å². The van der Waals surface area contributed by atoms with E-state index in [1.807, 2.05) is 31.2 Å². The summed E-state index contributed by atoms with van der Waals surface area (Å²) >= 11 is 0. The number of carbonyl (C=O) groups excluding carboxylic acids is 2. The first-order valence-corrected chi connectivity index (χ1v) is 8.75. The maximum Gasteiger partial charge on any atom is 0.338 e. The summed E-state index contributed by atoms with van der Waals surface area (Å²) in [6.07, 6.45) is 0.825. The zero-order valence-electron chi connectivity index (χ0n) is 15.5. The molecule has 0 spiro atoms. The standard InChI is InChI=1S/C21H25NO4/c1-15(2)26-21(24)17-10-12-18(13-11-17)22-20(23)9-6-14-25-19-8-5-4-7-16(19)3/h4-5,7-8,10-13,15H,6,9,14H2,1-3H3,(H,22,23). The van der Waals surface area contributed by atoms with Crippen LogP contribution in [-0.4, -0.2) is 24.6 Å². The molecule has 1 amide bonds. The molecule has 0 atom stereocenters. The van der Waals surface area contributed by atoms with Crippen LogP contribution in [0, 0.1) is 6.92 Å². The Morgan fingerprint density at radius 3 is 2.38 bits per heavy atom. The van der Waals surface area contributed by atoms with Crippen LogP contribution in [0.2, 0.25) is 0 Å². The van der Waals surface area contributed by atoms with Gasteiger partial charge in [0.2, 0.25) is 5.91 Å². The Bertz CT molecular complexity index is 738. The molecule has 0 aromatic heterocycles. The summed E-state index contributed by atoms with van der Waals surface area (Å²) in [7, 11) is 0. The van der Waals surface area contributed by atoms with Gasteiger partial charge in [-0.15, -0.1) is 0 Å². The first-order valence-electron chi connectivity index (χ1n) is 8.75. The van der Waals surface area contributed by atoms with Gasteiger partial charge in [0.1, 0.15) is 5.75 Å². The van der Waals surface area contributed by atoms with Gasteiger partial charge in [-0.2, -0.15) is 0 Å². The number of ether oxygens (including phenoxy) is 2. The molecule has 2 aromatic carbocycles. The molecule has 2 rings (SSSR count). The smallest absolute Gasteiger partial charge is 0.338 e. The van der Waals surface area contributed by atoms with Crippen LogP contribution in [0.4, 0.5) is 5.69 Å². The lowest BCUT2D eigenvalue weighted by atomic mass is 10.2. The van der Waals surface area contributed by atoms with Gasteiger partial charge in [-0.05, 0) is 63.1 Å². The molecule has 0 aliphatic rings. The number of anilines is 1. The maximum atomic E-state index is 12.0. The Morgan fingerprint density at radius 2 is 1.73 bits per heavy atom. The quantitative estimate of drug-likeness (QED) is 0.564. The van der Waals surface area contributed by atoms with E-state index in [0.717, 1.165) is 11.3 Å². The van der Waals surface area contributed by atoms with Crippen LogP contribution < -0.4 is 10.1 Å². The molecule has 0 unspecified atom stereocenters. The maximum absolute atomic E-state index is 12.0. The summed E-state index contributed by atoms with van der Waals surface area (Å²) < 4.78 is 10.8. The van der Waals surface area contributed by atoms with Crippen molar-refractivity contribution in [2.45, 2.75) is 39.7 Å². The van der Waals surface area contributed by atoms with Crippen molar-refractivity contribution in [3.63, 3.8) is 0 Å². The van der Waals surface area contributed by atoms with Gasteiger partial charge in [-0.3, -0.25) is 4.79 Å². The lowest BCUT2D eigenvalue weighted by Gasteiger charge is -2.10. The molecule has 26 heavy (non-hydrogen) atoms. The molecule has 2 aromatic rings. The van der Waals surface area contributed by atoms with Crippen LogP contribution in [0.5, 0.6) is 5.75 Å². The van der Waals surface area contributed by atoms with Gasteiger partial charge >= 0.3 is 5.97 Å². The average molecular weight is 355 g/mol. The SMILES string of the molecule is Cc1ccccc1OCCCC(=O)Nc1ccc(C(=O)OC(C)C)cc1. The zero-order chi connectivity index (χ0) is 18.9. The van der Waals surface area contributed by atoms with Crippen molar-refractivity contribution in [3.05, 3.63) is 59.7 Å². The number of para-hydroxylation sites is 1. The molecule has 0 heterocycles. The normalized spacial score (nSPS) is 10.5. The van der Waals surface area contributed by atoms with Crippen molar-refractivity contribution in [1.82, 2.24) is 0 Å². The molecule has 5 heteroatoms. The van der Waals surface area contributed by atoms with E-state index >= 15 is 0 Å². The van der Waals surface area contributed by atoms with Gasteiger partial charge in [0, 0.05) is 12.1 Å². The highest BCUT2D eigenvalue weighted by molar-refractivity contribution is 5.93. The monoisotopic (exact) mass is 355 g/mol. The molecule has 138 valence electrons. The van der Waals surface area contributed by atoms with Gasteiger partial charge in [-0.25, -0.2) is 4.79 Å². The van der Waals surface area contributed by atoms with Crippen molar-refractivity contribution in [2.75, 3.05) is 11.9 Å². The number of esters is 1. The third-order valence-electron chi connectivity index (χ3n) is 3.65. The summed E-state index contributed by atoms with van der Waals surface area (Å²) in [5.74, 6) is 0.388. The van der Waals surface area contributed by atoms with Crippen molar-refractivity contribution in [1.29, 1.82) is 0 Å². The minimum atomic E-state index is -0.369. The van der Waals surface area contributed by atoms with E-state index in [0.29, 0.717) is 30.7 Å². The number of hydrogen-bond donors (Lipinski definition) is 1. The topological polar surface area (TPSA) is 64.6 Å². The van der Waals surface area contributed by atoms with Crippen LogP contribution in [0.3, 0.4) is 0 Å². The highest BCUT2D eigenvalue weighted by Gasteiger charge is 2.09. The van der Waals surface area contributed by atoms with Crippen LogP contribution in [0.1, 0.15) is 42.6 Å². The van der Waals surface area contributed by atoms with E-state index in [-0.39, 0.29) is 18.0 Å². The molecule has 0 bridgehead atoms. The van der Waals surface area contributed by atoms with Crippen molar-refractivity contribution < 1.29 is 19.1 Å². The molecule has 0 aliphatic carbocycles. The number of hydrogen-bond acceptors (Lipinski definition) is 4. The molecular weight excluding hydrogens is 330 g/mol. The van der Waals surface area contributed by atoms with E-state index in [2.05, 4.69) is 5.32 Å². The minimum Gasteiger partial charge on any atom is -0.493 e. The highest BCUT2D eigenvalue weighted by Crippen LogP contribution is 2.16. The number of aryl methyl sites for hydroxylation is 1. The van der Waals surface area contributed by atoms with Crippen molar-refractivity contribution in [3.8, 4) is 5.75 Å². The molecule has 0 aliphatic heterocycles. The van der Waals surface area contributed by atoms with E-state index in [9.17, 15) is 9.59 Å². The van der Waals surface area contributed by atoms with Gasteiger partial charge in [0.05, 0.1) is 18.3 Å². The lowest BCUT2D eigenvalue weighted by Crippen LogP contribution is -2.14. The Labute approximate surface area is 154 Å². The first-order chi connectivity index (χ1) is 12.5. The summed E-state index contributed by atoms with van der Waals surface area (Å²) in [4.78, 5) is 23.8. The molecule has 0 saturated heterocycles. The van der Waals surface area contributed by atoms with E-state index in [1.165, 1.54) is 0 Å². The number of rotatable bonds is 8. The third-order valence-corrected chi connectivity index (χ3v) is 3.65. The summed E-state index contributed by atoms with van der Waals surface area (Å²) in [6, 6.07) is 14.5. The molecule has 0 fully saturated rings. The summed E-state index contributed by atoms with van der Waals surface area (Å²) in [5.41, 5.74) is 2.19. The Hall–Kier alpha value is -2.82. The number of amides is 1. The summed E-state index contributed by atoms with van der Waals surface area (Å²) in [6.45, 7) is 6.07. The number of carbonyl (C=O) groups is 2. The molecular formula is C21H25NO4. The molecule has 0 saturated carbocycles. The number of benzene rings is 2. The predicted octanol–water partition coefficient (Wildman–Crippen LogP) is 4.36. The average Bonchev–Trinajstić information content (AvgIpc) is 2.60. The Balaban J connectivity index is 1.74. The molecule has 1 N–H and O–H groups in total. The second-order valence-corrected chi connectivity index (χ2v) is 6.30. The fourth-order valence-corrected chi connectivity index (χ4v) is 2.33. The lowest BCUT2D eigenvalue weighted by molar-refractivity contribution is -0.116. The second kappa shape index (κ2) is 9.61. The first kappa shape index (κ1) is 19.5. The number of nitrogens with one attached hydrogen (secondary N) is 1. The van der Waals surface area contributed by atoms with Gasteiger partial charge in [0.25, 0.3) is 0 Å². The van der Waals surface area contributed by atoms with Gasteiger partial charge in [0.15, 0.2) is 0 Å². The summed E-state index contributed by atoms with van der Waals surface area (Å²) in [5, 5.41) is 2.81. The largest absolute Gasteiger partial charge is 0.493 e. The Kier molecular flexibility index (Phi) is 7.21. The zero-order valence-corrected chi connectivity index (χ0v) is 15.5. The second-order valence-electron chi connectivity index (χ2n) is 6.30. The minimum absolute atomic E-state index is 0.0871. The Morgan fingerprint density at radius 1 is 1.04 bits per heavy atom. The molecule has 0 radical (unpaired) electrons. The van der Waals surface area contributed by atoms with Crippen molar-refractivity contribution >= 4 is 17.6 Å². The fraction of sp³-hybridized carbons (Fsp3) is 0.333. The van der Waals surface area contributed by atoms with Gasteiger partial charge in [-0.1, -0.05) is 18.2 Å². The van der Waals surface area contributed by atoms with Gasteiger partial charge < -0.3 is 14.8 Å².